The van der Waals surface area contributed by atoms with Crippen LogP contribution in [-0.2, 0) is 4.79 Å². The van der Waals surface area contributed by atoms with Crippen molar-refractivity contribution in [3.05, 3.63) is 53.7 Å². The summed E-state index contributed by atoms with van der Waals surface area (Å²) in [5.74, 6) is -0.947. The molecule has 2 rings (SSSR count). The summed E-state index contributed by atoms with van der Waals surface area (Å²) in [5, 5.41) is 2.72. The highest BCUT2D eigenvalue weighted by atomic mass is 19.1. The normalized spacial score (nSPS) is 11.7. The van der Waals surface area contributed by atoms with Crippen LogP contribution in [0.5, 0.6) is 5.75 Å². The quantitative estimate of drug-likeness (QED) is 0.880. The Balaban J connectivity index is 1.94. The SMILES string of the molecule is COc1ccc(C(C)NC(=O)CN(C)C(=O)c2ccco2)cc1F. The number of amides is 2. The molecular weight excluding hydrogens is 315 g/mol. The minimum Gasteiger partial charge on any atom is -0.494 e. The van der Waals surface area contributed by atoms with Gasteiger partial charge in [-0.15, -0.1) is 0 Å². The Morgan fingerprint density at radius 3 is 2.71 bits per heavy atom. The molecule has 2 aromatic rings. The van der Waals surface area contributed by atoms with Crippen LogP contribution in [0.3, 0.4) is 0 Å². The van der Waals surface area contributed by atoms with Crippen molar-refractivity contribution in [2.45, 2.75) is 13.0 Å². The van der Waals surface area contributed by atoms with Crippen molar-refractivity contribution in [3.63, 3.8) is 0 Å². The fourth-order valence-electron chi connectivity index (χ4n) is 2.20. The number of nitrogens with one attached hydrogen (secondary N) is 1. The van der Waals surface area contributed by atoms with Gasteiger partial charge >= 0.3 is 0 Å². The monoisotopic (exact) mass is 334 g/mol. The van der Waals surface area contributed by atoms with Crippen LogP contribution in [0.4, 0.5) is 4.39 Å². The van der Waals surface area contributed by atoms with E-state index >= 15 is 0 Å². The van der Waals surface area contributed by atoms with Gasteiger partial charge in [0.2, 0.25) is 5.91 Å². The molecule has 0 saturated heterocycles. The van der Waals surface area contributed by atoms with E-state index in [1.54, 1.807) is 19.1 Å². The molecule has 1 aromatic carbocycles. The lowest BCUT2D eigenvalue weighted by Gasteiger charge is -2.19. The van der Waals surface area contributed by atoms with Crippen LogP contribution in [0.25, 0.3) is 0 Å². The van der Waals surface area contributed by atoms with Gasteiger partial charge in [0.15, 0.2) is 17.3 Å². The number of furan rings is 1. The molecule has 1 aromatic heterocycles. The summed E-state index contributed by atoms with van der Waals surface area (Å²) in [5.41, 5.74) is 0.599. The number of likely N-dealkylation sites (N-methyl/N-ethyl adjacent to an activating group) is 1. The zero-order valence-electron chi connectivity index (χ0n) is 13.7. The Hall–Kier alpha value is -2.83. The van der Waals surface area contributed by atoms with Crippen molar-refractivity contribution in [1.82, 2.24) is 10.2 Å². The van der Waals surface area contributed by atoms with Crippen molar-refractivity contribution >= 4 is 11.8 Å². The molecule has 7 heteroatoms. The number of nitrogens with zero attached hydrogens (tertiary/aromatic N) is 1. The first-order valence-corrected chi connectivity index (χ1v) is 7.34. The Kier molecular flexibility index (Phi) is 5.57. The van der Waals surface area contributed by atoms with Gasteiger partial charge in [0.1, 0.15) is 0 Å². The third-order valence-electron chi connectivity index (χ3n) is 3.51. The molecule has 0 aliphatic heterocycles. The smallest absolute Gasteiger partial charge is 0.289 e. The van der Waals surface area contributed by atoms with E-state index in [9.17, 15) is 14.0 Å². The number of rotatable bonds is 6. The molecule has 24 heavy (non-hydrogen) atoms. The van der Waals surface area contributed by atoms with Gasteiger partial charge in [-0.05, 0) is 36.8 Å². The lowest BCUT2D eigenvalue weighted by molar-refractivity contribution is -0.122. The van der Waals surface area contributed by atoms with E-state index in [1.165, 1.54) is 43.5 Å². The summed E-state index contributed by atoms with van der Waals surface area (Å²) < 4.78 is 23.6. The number of halogens is 1. The minimum absolute atomic E-state index is 0.136. The van der Waals surface area contributed by atoms with Gasteiger partial charge in [0.25, 0.3) is 5.91 Å². The summed E-state index contributed by atoms with van der Waals surface area (Å²) >= 11 is 0. The van der Waals surface area contributed by atoms with E-state index < -0.39 is 17.8 Å². The van der Waals surface area contributed by atoms with E-state index in [-0.39, 0.29) is 24.0 Å². The summed E-state index contributed by atoms with van der Waals surface area (Å²) in [6.45, 7) is 1.59. The molecule has 2 amide bonds. The van der Waals surface area contributed by atoms with Gasteiger partial charge in [-0.3, -0.25) is 9.59 Å². The predicted molar refractivity (Wildman–Crippen MR) is 85.2 cm³/mol. The number of hydrogen-bond acceptors (Lipinski definition) is 4. The highest BCUT2D eigenvalue weighted by molar-refractivity contribution is 5.94. The molecule has 0 bridgehead atoms. The van der Waals surface area contributed by atoms with Gasteiger partial charge in [0.05, 0.1) is 26.0 Å². The average Bonchev–Trinajstić information content (AvgIpc) is 3.08. The van der Waals surface area contributed by atoms with Crippen LogP contribution in [0.2, 0.25) is 0 Å². The van der Waals surface area contributed by atoms with Crippen molar-refractivity contribution in [2.24, 2.45) is 0 Å². The van der Waals surface area contributed by atoms with Gasteiger partial charge < -0.3 is 19.4 Å². The molecule has 1 N–H and O–H groups in total. The molecule has 1 atom stereocenters. The van der Waals surface area contributed by atoms with Crippen LogP contribution < -0.4 is 10.1 Å². The van der Waals surface area contributed by atoms with Crippen molar-refractivity contribution in [2.75, 3.05) is 20.7 Å². The lowest BCUT2D eigenvalue weighted by atomic mass is 10.1. The third kappa shape index (κ3) is 4.13. The first-order chi connectivity index (χ1) is 11.4. The van der Waals surface area contributed by atoms with E-state index in [2.05, 4.69) is 5.32 Å². The number of ether oxygens (including phenoxy) is 1. The van der Waals surface area contributed by atoms with E-state index in [1.807, 2.05) is 0 Å². The van der Waals surface area contributed by atoms with E-state index in [0.29, 0.717) is 5.56 Å². The molecule has 0 fully saturated rings. The Bertz CT molecular complexity index is 715. The second-order valence-corrected chi connectivity index (χ2v) is 5.32. The van der Waals surface area contributed by atoms with E-state index in [0.717, 1.165) is 0 Å². The number of methoxy groups -OCH3 is 1. The molecule has 0 spiro atoms. The molecule has 1 heterocycles. The largest absolute Gasteiger partial charge is 0.494 e. The first-order valence-electron chi connectivity index (χ1n) is 7.34. The van der Waals surface area contributed by atoms with Gasteiger partial charge in [-0.2, -0.15) is 0 Å². The Morgan fingerprint density at radius 1 is 1.38 bits per heavy atom. The molecular formula is C17H19FN2O4. The van der Waals surface area contributed by atoms with Crippen molar-refractivity contribution < 1.29 is 23.1 Å². The summed E-state index contributed by atoms with van der Waals surface area (Å²) in [7, 11) is 2.89. The Labute approximate surface area is 139 Å². The molecule has 128 valence electrons. The maximum Gasteiger partial charge on any atom is 0.289 e. The van der Waals surface area contributed by atoms with Gasteiger partial charge in [-0.1, -0.05) is 6.07 Å². The number of carbonyl (C=O) groups is 2. The fraction of sp³-hybridized carbons (Fsp3) is 0.294. The molecule has 0 aliphatic rings. The first kappa shape index (κ1) is 17.5. The second kappa shape index (κ2) is 7.63. The maximum atomic E-state index is 13.7. The molecule has 0 saturated carbocycles. The maximum absolute atomic E-state index is 13.7. The molecule has 1 unspecified atom stereocenters. The van der Waals surface area contributed by atoms with Crippen LogP contribution in [0, 0.1) is 5.82 Å². The standard InChI is InChI=1S/C17H19FN2O4/c1-11(12-6-7-14(23-3)13(18)9-12)19-16(21)10-20(2)17(22)15-5-4-8-24-15/h4-9,11H,10H2,1-3H3,(H,19,21). The molecule has 0 aliphatic carbocycles. The van der Waals surface area contributed by atoms with E-state index in [4.69, 9.17) is 9.15 Å². The predicted octanol–water partition coefficient (Wildman–Crippen LogP) is 2.38. The van der Waals surface area contributed by atoms with Gasteiger partial charge in [0, 0.05) is 7.05 Å². The molecule has 6 nitrogen and oxygen atoms in total. The van der Waals surface area contributed by atoms with Crippen molar-refractivity contribution in [1.29, 1.82) is 0 Å². The Morgan fingerprint density at radius 2 is 2.12 bits per heavy atom. The number of carbonyl (C=O) groups excluding carboxylic acids is 2. The number of benzene rings is 1. The highest BCUT2D eigenvalue weighted by Gasteiger charge is 2.18. The van der Waals surface area contributed by atoms with Crippen LogP contribution >= 0.6 is 0 Å². The molecule has 0 radical (unpaired) electrons. The van der Waals surface area contributed by atoms with Gasteiger partial charge in [-0.25, -0.2) is 4.39 Å². The summed E-state index contributed by atoms with van der Waals surface area (Å²) in [4.78, 5) is 25.3. The average molecular weight is 334 g/mol. The van der Waals surface area contributed by atoms with Crippen LogP contribution in [0.15, 0.2) is 41.0 Å². The summed E-state index contributed by atoms with van der Waals surface area (Å²) in [6.07, 6.45) is 1.39. The zero-order valence-corrected chi connectivity index (χ0v) is 13.7. The third-order valence-corrected chi connectivity index (χ3v) is 3.51. The minimum atomic E-state index is -0.499. The highest BCUT2D eigenvalue weighted by Crippen LogP contribution is 2.21. The second-order valence-electron chi connectivity index (χ2n) is 5.32. The topological polar surface area (TPSA) is 71.8 Å². The zero-order chi connectivity index (χ0) is 17.7. The van der Waals surface area contributed by atoms with Crippen LogP contribution in [-0.4, -0.2) is 37.4 Å². The van der Waals surface area contributed by atoms with Crippen LogP contribution in [0.1, 0.15) is 29.1 Å². The fourth-order valence-corrected chi connectivity index (χ4v) is 2.20. The summed E-state index contributed by atoms with van der Waals surface area (Å²) in [6, 6.07) is 7.19. The van der Waals surface area contributed by atoms with Crippen molar-refractivity contribution in [3.8, 4) is 5.75 Å². The lowest BCUT2D eigenvalue weighted by Crippen LogP contribution is -2.39. The number of hydrogen-bond donors (Lipinski definition) is 1.